The van der Waals surface area contributed by atoms with E-state index in [0.29, 0.717) is 48.0 Å². The van der Waals surface area contributed by atoms with E-state index in [1.54, 1.807) is 35.5 Å². The fourth-order valence-corrected chi connectivity index (χ4v) is 7.11. The number of aliphatic hydroxyl groups excluding tert-OH is 5. The largest absolute Gasteiger partial charge is 0.394 e. The highest BCUT2D eigenvalue weighted by Crippen LogP contribution is 2.44. The van der Waals surface area contributed by atoms with Crippen LogP contribution in [0, 0.1) is 29.5 Å². The summed E-state index contributed by atoms with van der Waals surface area (Å²) in [5.41, 5.74) is 0.325. The Morgan fingerprint density at radius 1 is 1.04 bits per heavy atom. The van der Waals surface area contributed by atoms with Gasteiger partial charge >= 0.3 is 0 Å². The molecule has 1 aliphatic carbocycles. The lowest BCUT2D eigenvalue weighted by molar-refractivity contribution is -0.186. The Morgan fingerprint density at radius 2 is 1.72 bits per heavy atom. The Morgan fingerprint density at radius 3 is 2.40 bits per heavy atom. The minimum Gasteiger partial charge on any atom is -0.394 e. The first-order chi connectivity index (χ1) is 22.6. The fourth-order valence-electron chi connectivity index (χ4n) is 7.01. The zero-order valence-corrected chi connectivity index (χ0v) is 27.2. The van der Waals surface area contributed by atoms with E-state index < -0.39 is 43.1 Å². The van der Waals surface area contributed by atoms with Crippen LogP contribution in [0.3, 0.4) is 0 Å². The number of carbonyl (C=O) groups is 1. The second-order valence-electron chi connectivity index (χ2n) is 13.2. The third-order valence-corrected chi connectivity index (χ3v) is 10.2. The number of piperidine rings is 1. The number of likely N-dealkylation sites (tertiary alicyclic amines) is 1. The number of nitrogens with zero attached hydrogens (tertiary/aromatic N) is 4. The van der Waals surface area contributed by atoms with E-state index in [1.165, 1.54) is 6.07 Å². The summed E-state index contributed by atoms with van der Waals surface area (Å²) in [7, 11) is 0. The van der Waals surface area contributed by atoms with Crippen molar-refractivity contribution in [2.75, 3.05) is 50.8 Å². The van der Waals surface area contributed by atoms with Crippen LogP contribution in [0.2, 0.25) is 5.02 Å². The predicted octanol–water partition coefficient (Wildman–Crippen LogP) is 0.971. The molecule has 5 rings (SSSR count). The lowest BCUT2D eigenvalue weighted by Gasteiger charge is -2.48. The maximum atomic E-state index is 14.2. The monoisotopic (exact) mass is 679 g/mol. The average molecular weight is 680 g/mol. The molecule has 2 aliphatic heterocycles. The zero-order chi connectivity index (χ0) is 33.5. The highest BCUT2D eigenvalue weighted by atomic mass is 35.5. The van der Waals surface area contributed by atoms with Crippen molar-refractivity contribution in [3.63, 3.8) is 0 Å². The van der Waals surface area contributed by atoms with Gasteiger partial charge < -0.3 is 45.4 Å². The Hall–Kier alpha value is -2.49. The van der Waals surface area contributed by atoms with Gasteiger partial charge in [0.05, 0.1) is 36.5 Å². The maximum absolute atomic E-state index is 14.2. The zero-order valence-electron chi connectivity index (χ0n) is 26.4. The number of anilines is 1. The van der Waals surface area contributed by atoms with E-state index in [4.69, 9.17) is 21.4 Å². The number of carbonyl (C=O) groups excluding carboxylic acids is 1. The summed E-state index contributed by atoms with van der Waals surface area (Å²) < 4.78 is 20.5. The lowest BCUT2D eigenvalue weighted by atomic mass is 9.65. The number of aliphatic hydroxyl groups is 5. The minimum atomic E-state index is -1.70. The molecule has 3 heterocycles. The minimum absolute atomic E-state index is 0.0735. The Bertz CT molecular complexity index is 1280. The van der Waals surface area contributed by atoms with Crippen molar-refractivity contribution in [1.82, 2.24) is 20.2 Å². The Kier molecular flexibility index (Phi) is 12.8. The van der Waals surface area contributed by atoms with E-state index in [0.717, 1.165) is 51.1 Å². The van der Waals surface area contributed by atoms with Gasteiger partial charge in [-0.1, -0.05) is 29.8 Å². The molecule has 0 bridgehead atoms. The van der Waals surface area contributed by atoms with Crippen molar-refractivity contribution in [3.8, 4) is 0 Å². The number of halogens is 2. The highest BCUT2D eigenvalue weighted by molar-refractivity contribution is 6.30. The summed E-state index contributed by atoms with van der Waals surface area (Å²) in [6.45, 7) is 2.27. The maximum Gasteiger partial charge on any atom is 0.229 e. The number of nitrogens with one attached hydrogen (secondary N) is 1. The summed E-state index contributed by atoms with van der Waals surface area (Å²) in [5, 5.41) is 52.3. The van der Waals surface area contributed by atoms with Gasteiger partial charge in [-0.3, -0.25) is 4.79 Å². The summed E-state index contributed by atoms with van der Waals surface area (Å²) in [4.78, 5) is 25.7. The molecule has 1 amide bonds. The van der Waals surface area contributed by atoms with Gasteiger partial charge in [-0.15, -0.1) is 0 Å². The first-order valence-corrected chi connectivity index (χ1v) is 16.9. The van der Waals surface area contributed by atoms with Crippen molar-refractivity contribution in [2.24, 2.45) is 23.7 Å². The standard InChI is InChI=1S/C33H47ClFN5O7/c34-25-15-37-33(38-16-25)39-8-5-21(6-9-39)23-11-20(12-23)7-10-47-32-24(14-36-17-27(42)30(45)31(46)28(43)19-41)18-40(32)29(44)13-22-3-1-2-4-26(22)35/h1-4,15-16,20-21,23-24,27-28,30-32,36,41-43,45-46H,5-14,17-19H2/t20?,23?,24?,27-,28+,30+,31+,32?/m0/s1. The van der Waals surface area contributed by atoms with E-state index in [1.807, 2.05) is 0 Å². The molecule has 1 saturated carbocycles. The van der Waals surface area contributed by atoms with Gasteiger partial charge in [0.15, 0.2) is 0 Å². The van der Waals surface area contributed by atoms with Crippen molar-refractivity contribution in [1.29, 1.82) is 0 Å². The van der Waals surface area contributed by atoms with Crippen molar-refractivity contribution in [3.05, 3.63) is 53.1 Å². The van der Waals surface area contributed by atoms with Crippen LogP contribution in [0.5, 0.6) is 0 Å². The molecule has 6 atom stereocenters. The van der Waals surface area contributed by atoms with Gasteiger partial charge in [-0.25, -0.2) is 14.4 Å². The molecule has 2 unspecified atom stereocenters. The smallest absolute Gasteiger partial charge is 0.229 e. The van der Waals surface area contributed by atoms with Gasteiger partial charge in [0.2, 0.25) is 11.9 Å². The van der Waals surface area contributed by atoms with Crippen LogP contribution in [0.25, 0.3) is 0 Å². The number of rotatable bonds is 16. The quantitative estimate of drug-likeness (QED) is 0.149. The van der Waals surface area contributed by atoms with Crippen molar-refractivity contribution < 1.29 is 39.5 Å². The van der Waals surface area contributed by atoms with Gasteiger partial charge in [0.25, 0.3) is 0 Å². The van der Waals surface area contributed by atoms with Crippen LogP contribution in [0.4, 0.5) is 10.3 Å². The number of amides is 1. The van der Waals surface area contributed by atoms with Crippen molar-refractivity contribution >= 4 is 23.5 Å². The Balaban J connectivity index is 1.06. The van der Waals surface area contributed by atoms with Crippen LogP contribution in [0.15, 0.2) is 36.7 Å². The Labute approximate surface area is 279 Å². The number of aromatic nitrogens is 2. The predicted molar refractivity (Wildman–Crippen MR) is 172 cm³/mol. The molecule has 0 spiro atoms. The molecule has 3 fully saturated rings. The molecule has 12 nitrogen and oxygen atoms in total. The third kappa shape index (κ3) is 9.15. The molecular weight excluding hydrogens is 633 g/mol. The normalized spacial score (nSPS) is 25.9. The summed E-state index contributed by atoms with van der Waals surface area (Å²) in [6.07, 6.45) is 1.78. The molecule has 47 heavy (non-hydrogen) atoms. The number of hydrogen-bond acceptors (Lipinski definition) is 11. The molecule has 3 aliphatic rings. The summed E-state index contributed by atoms with van der Waals surface area (Å²) in [5.74, 6) is 1.93. The van der Waals surface area contributed by atoms with Crippen LogP contribution in [-0.4, -0.2) is 123 Å². The van der Waals surface area contributed by atoms with E-state index in [9.17, 15) is 29.6 Å². The van der Waals surface area contributed by atoms with E-state index >= 15 is 0 Å². The molecule has 1 aromatic heterocycles. The van der Waals surface area contributed by atoms with Crippen LogP contribution >= 0.6 is 11.6 Å². The second kappa shape index (κ2) is 16.8. The van der Waals surface area contributed by atoms with Crippen LogP contribution in [0.1, 0.15) is 37.7 Å². The average Bonchev–Trinajstić information content (AvgIpc) is 3.05. The topological polar surface area (TPSA) is 172 Å². The molecule has 2 aromatic rings. The van der Waals surface area contributed by atoms with E-state index in [2.05, 4.69) is 20.2 Å². The molecule has 0 radical (unpaired) electrons. The first kappa shape index (κ1) is 35.8. The second-order valence-corrected chi connectivity index (χ2v) is 13.6. The van der Waals surface area contributed by atoms with Crippen molar-refractivity contribution in [2.45, 2.75) is 69.2 Å². The first-order valence-electron chi connectivity index (χ1n) is 16.5. The number of hydrogen-bond donors (Lipinski definition) is 6. The summed E-state index contributed by atoms with van der Waals surface area (Å²) >= 11 is 5.92. The van der Waals surface area contributed by atoms with Gasteiger partial charge in [-0.2, -0.15) is 0 Å². The molecule has 14 heteroatoms. The molecule has 1 aromatic carbocycles. The van der Waals surface area contributed by atoms with E-state index in [-0.39, 0.29) is 24.8 Å². The third-order valence-electron chi connectivity index (χ3n) is 10.0. The van der Waals surface area contributed by atoms with Gasteiger partial charge in [-0.05, 0) is 61.5 Å². The number of ether oxygens (including phenoxy) is 1. The lowest BCUT2D eigenvalue weighted by Crippen LogP contribution is -2.63. The highest BCUT2D eigenvalue weighted by Gasteiger charge is 2.43. The molecule has 260 valence electrons. The van der Waals surface area contributed by atoms with Crippen LogP contribution < -0.4 is 10.2 Å². The van der Waals surface area contributed by atoms with Gasteiger partial charge in [0, 0.05) is 45.2 Å². The fraction of sp³-hybridized carbons (Fsp3) is 0.667. The summed E-state index contributed by atoms with van der Waals surface area (Å²) in [6, 6.07) is 6.21. The van der Waals surface area contributed by atoms with Crippen LogP contribution in [-0.2, 0) is 16.0 Å². The molecule has 2 saturated heterocycles. The molecular formula is C33H47ClFN5O7. The van der Waals surface area contributed by atoms with Gasteiger partial charge in [0.1, 0.15) is 30.4 Å². The molecule has 6 N–H and O–H groups in total. The number of benzene rings is 1. The SMILES string of the molecule is O=C(Cc1ccccc1F)N1CC(CNC[C@H](O)[C@@H](O)[C@H](O)[C@H](O)CO)C1OCCC1CC(C2CCN(c3ncc(Cl)cn3)CC2)C1.